The highest BCUT2D eigenvalue weighted by Crippen LogP contribution is 2.27. The molecular formula is C21H20ClN5O2S. The van der Waals surface area contributed by atoms with Crippen molar-refractivity contribution in [1.82, 2.24) is 24.1 Å². The molecule has 7 nitrogen and oxygen atoms in total. The van der Waals surface area contributed by atoms with Crippen molar-refractivity contribution in [1.29, 1.82) is 0 Å². The molecule has 1 aliphatic rings. The Morgan fingerprint density at radius 2 is 1.77 bits per heavy atom. The van der Waals surface area contributed by atoms with Crippen LogP contribution >= 0.6 is 23.4 Å². The molecule has 2 aromatic carbocycles. The summed E-state index contributed by atoms with van der Waals surface area (Å²) in [5.74, 6) is 1.19. The lowest BCUT2D eigenvalue weighted by Gasteiger charge is -2.26. The highest BCUT2D eigenvalue weighted by Gasteiger charge is 2.21. The summed E-state index contributed by atoms with van der Waals surface area (Å²) in [6.45, 7) is 3.15. The van der Waals surface area contributed by atoms with E-state index < -0.39 is 0 Å². The van der Waals surface area contributed by atoms with Crippen LogP contribution in [-0.2, 0) is 16.1 Å². The average molecular weight is 442 g/mol. The molecule has 0 spiro atoms. The normalized spacial score (nSPS) is 14.6. The largest absolute Gasteiger partial charge is 0.378 e. The monoisotopic (exact) mass is 441 g/mol. The van der Waals surface area contributed by atoms with Gasteiger partial charge in [-0.15, -0.1) is 10.2 Å². The summed E-state index contributed by atoms with van der Waals surface area (Å²) in [6, 6.07) is 16.0. The molecule has 0 bridgehead atoms. The molecule has 2 aromatic heterocycles. The first-order chi connectivity index (χ1) is 14.7. The van der Waals surface area contributed by atoms with Crippen molar-refractivity contribution in [3.63, 3.8) is 0 Å². The quantitative estimate of drug-likeness (QED) is 0.444. The number of benzene rings is 2. The Hall–Kier alpha value is -2.55. The summed E-state index contributed by atoms with van der Waals surface area (Å²) < 4.78 is 9.50. The smallest absolute Gasteiger partial charge is 0.237 e. The minimum Gasteiger partial charge on any atom is -0.378 e. The average Bonchev–Trinajstić information content (AvgIpc) is 3.33. The molecule has 0 saturated carbocycles. The van der Waals surface area contributed by atoms with Gasteiger partial charge in [0, 0.05) is 18.1 Å². The number of rotatable bonds is 5. The Balaban J connectivity index is 1.46. The minimum absolute atomic E-state index is 0.102. The minimum atomic E-state index is 0.102. The van der Waals surface area contributed by atoms with E-state index in [0.29, 0.717) is 43.6 Å². The van der Waals surface area contributed by atoms with Gasteiger partial charge in [-0.05, 0) is 29.8 Å². The number of para-hydroxylation sites is 2. The number of hydrogen-bond donors (Lipinski definition) is 0. The third kappa shape index (κ3) is 3.66. The maximum atomic E-state index is 12.5. The lowest BCUT2D eigenvalue weighted by atomic mass is 10.2. The maximum absolute atomic E-state index is 12.5. The number of thioether (sulfide) groups is 1. The molecule has 9 heteroatoms. The van der Waals surface area contributed by atoms with Crippen LogP contribution in [0.3, 0.4) is 0 Å². The Bertz CT molecular complexity index is 1200. The molecule has 0 atom stereocenters. The van der Waals surface area contributed by atoms with Crippen LogP contribution in [0.4, 0.5) is 0 Å². The molecule has 0 radical (unpaired) electrons. The number of fused-ring (bicyclic) bond motifs is 3. The lowest BCUT2D eigenvalue weighted by Crippen LogP contribution is -2.41. The number of nitrogens with zero attached hydrogens (tertiary/aromatic N) is 5. The van der Waals surface area contributed by atoms with Gasteiger partial charge in [-0.2, -0.15) is 0 Å². The Kier molecular flexibility index (Phi) is 5.37. The Morgan fingerprint density at radius 3 is 2.53 bits per heavy atom. The zero-order chi connectivity index (χ0) is 20.5. The first-order valence-corrected chi connectivity index (χ1v) is 11.1. The molecule has 5 rings (SSSR count). The summed E-state index contributed by atoms with van der Waals surface area (Å²) in [4.78, 5) is 14.4. The molecule has 0 N–H and O–H groups in total. The van der Waals surface area contributed by atoms with Crippen molar-refractivity contribution in [3.05, 3.63) is 59.1 Å². The second kappa shape index (κ2) is 8.29. The summed E-state index contributed by atoms with van der Waals surface area (Å²) in [5.41, 5.74) is 3.22. The maximum Gasteiger partial charge on any atom is 0.237 e. The first kappa shape index (κ1) is 19.4. The topological polar surface area (TPSA) is 64.7 Å². The summed E-state index contributed by atoms with van der Waals surface area (Å²) in [5, 5.41) is 10.3. The van der Waals surface area contributed by atoms with E-state index in [4.69, 9.17) is 16.3 Å². The van der Waals surface area contributed by atoms with Crippen molar-refractivity contribution in [2.24, 2.45) is 0 Å². The third-order valence-corrected chi connectivity index (χ3v) is 6.38. The highest BCUT2D eigenvalue weighted by atomic mass is 35.5. The molecule has 3 heterocycles. The molecule has 4 aromatic rings. The number of morpholine rings is 1. The standard InChI is InChI=1S/C21H20ClN5O2S/c22-16-7-5-15(6-8-16)13-26-17-3-1-2-4-18(17)27-20(26)23-24-21(27)30-14-19(28)25-9-11-29-12-10-25/h1-8H,9-14H2. The van der Waals surface area contributed by atoms with Gasteiger partial charge in [-0.25, -0.2) is 0 Å². The van der Waals surface area contributed by atoms with Crippen LogP contribution < -0.4 is 0 Å². The zero-order valence-electron chi connectivity index (χ0n) is 16.2. The van der Waals surface area contributed by atoms with Gasteiger partial charge in [0.2, 0.25) is 11.7 Å². The van der Waals surface area contributed by atoms with Gasteiger partial charge in [0.05, 0.1) is 36.5 Å². The second-order valence-corrected chi connectivity index (χ2v) is 8.48. The molecule has 0 unspecified atom stereocenters. The molecular weight excluding hydrogens is 422 g/mol. The van der Waals surface area contributed by atoms with Crippen molar-refractivity contribution in [3.8, 4) is 0 Å². The number of aromatic nitrogens is 4. The van der Waals surface area contributed by atoms with Gasteiger partial charge in [0.15, 0.2) is 5.16 Å². The van der Waals surface area contributed by atoms with Crippen LogP contribution in [0.1, 0.15) is 5.56 Å². The number of carbonyl (C=O) groups excluding carboxylic acids is 1. The van der Waals surface area contributed by atoms with Crippen LogP contribution in [0.2, 0.25) is 5.02 Å². The number of imidazole rings is 1. The summed E-state index contributed by atoms with van der Waals surface area (Å²) >= 11 is 7.45. The molecule has 1 aliphatic heterocycles. The van der Waals surface area contributed by atoms with E-state index in [0.717, 1.165) is 27.5 Å². The van der Waals surface area contributed by atoms with Crippen LogP contribution in [-0.4, -0.2) is 62.0 Å². The van der Waals surface area contributed by atoms with Crippen LogP contribution in [0.15, 0.2) is 53.7 Å². The van der Waals surface area contributed by atoms with Crippen molar-refractivity contribution in [2.75, 3.05) is 32.1 Å². The molecule has 30 heavy (non-hydrogen) atoms. The summed E-state index contributed by atoms with van der Waals surface area (Å²) in [6.07, 6.45) is 0. The van der Waals surface area contributed by atoms with Gasteiger partial charge in [-0.1, -0.05) is 47.6 Å². The first-order valence-electron chi connectivity index (χ1n) is 9.76. The fourth-order valence-electron chi connectivity index (χ4n) is 3.69. The van der Waals surface area contributed by atoms with Crippen LogP contribution in [0.5, 0.6) is 0 Å². The molecule has 1 saturated heterocycles. The van der Waals surface area contributed by atoms with Crippen molar-refractivity contribution < 1.29 is 9.53 Å². The fourth-order valence-corrected chi connectivity index (χ4v) is 4.66. The predicted octanol–water partition coefficient (Wildman–Crippen LogP) is 3.34. The van der Waals surface area contributed by atoms with E-state index in [1.165, 1.54) is 11.8 Å². The fraction of sp³-hybridized carbons (Fsp3) is 0.286. The van der Waals surface area contributed by atoms with Gasteiger partial charge in [-0.3, -0.25) is 9.20 Å². The molecule has 1 fully saturated rings. The number of amides is 1. The van der Waals surface area contributed by atoms with E-state index in [2.05, 4.69) is 26.9 Å². The second-order valence-electron chi connectivity index (χ2n) is 7.10. The van der Waals surface area contributed by atoms with Crippen LogP contribution in [0, 0.1) is 0 Å². The lowest BCUT2D eigenvalue weighted by molar-refractivity contribution is -0.132. The van der Waals surface area contributed by atoms with Gasteiger partial charge in [0.1, 0.15) is 0 Å². The summed E-state index contributed by atoms with van der Waals surface area (Å²) in [7, 11) is 0. The van der Waals surface area contributed by atoms with E-state index in [1.807, 2.05) is 45.7 Å². The van der Waals surface area contributed by atoms with Crippen LogP contribution in [0.25, 0.3) is 16.8 Å². The predicted molar refractivity (Wildman–Crippen MR) is 117 cm³/mol. The number of carbonyl (C=O) groups is 1. The Morgan fingerprint density at radius 1 is 1.03 bits per heavy atom. The van der Waals surface area contributed by atoms with Crippen molar-refractivity contribution in [2.45, 2.75) is 11.7 Å². The van der Waals surface area contributed by atoms with E-state index in [-0.39, 0.29) is 5.91 Å². The number of hydrogen-bond acceptors (Lipinski definition) is 5. The van der Waals surface area contributed by atoms with Crippen molar-refractivity contribution >= 4 is 46.1 Å². The van der Waals surface area contributed by atoms with Gasteiger partial charge in [0.25, 0.3) is 0 Å². The molecule has 1 amide bonds. The highest BCUT2D eigenvalue weighted by molar-refractivity contribution is 7.99. The van der Waals surface area contributed by atoms with E-state index in [1.54, 1.807) is 0 Å². The zero-order valence-corrected chi connectivity index (χ0v) is 17.8. The Labute approximate surface area is 182 Å². The van der Waals surface area contributed by atoms with Gasteiger partial charge >= 0.3 is 0 Å². The molecule has 0 aliphatic carbocycles. The third-order valence-electron chi connectivity index (χ3n) is 5.21. The number of halogens is 1. The van der Waals surface area contributed by atoms with Gasteiger partial charge < -0.3 is 14.2 Å². The molecule has 154 valence electrons. The van der Waals surface area contributed by atoms with E-state index in [9.17, 15) is 4.79 Å². The van der Waals surface area contributed by atoms with E-state index >= 15 is 0 Å². The number of ether oxygens (including phenoxy) is 1. The SMILES string of the molecule is O=C(CSc1nnc2n(Cc3ccc(Cl)cc3)c3ccccc3n12)N1CCOCC1.